The fraction of sp³-hybridized carbons (Fsp3) is 0.296. The van der Waals surface area contributed by atoms with E-state index in [1.54, 1.807) is 0 Å². The van der Waals surface area contributed by atoms with Crippen molar-refractivity contribution in [3.05, 3.63) is 40.2 Å². The van der Waals surface area contributed by atoms with Gasteiger partial charge in [0.25, 0.3) is 17.7 Å². The molecule has 0 saturated carbocycles. The molecule has 48 heavy (non-hydrogen) atoms. The number of phenols is 2. The molecule has 2 atom stereocenters. The number of fused-ring (bicyclic) bond motifs is 2. The molecule has 0 bridgehead atoms. The van der Waals surface area contributed by atoms with Gasteiger partial charge in [-0.1, -0.05) is 5.16 Å². The fourth-order valence-electron chi connectivity index (χ4n) is 4.51. The standard InChI is InChI=1S/C27H27N9O10S2/c1-27(2,25(44)45)46-35-15(12-8-48-26(28)33-12)21(40)34-17-22(41)36-18(24(42)43)9(7-47-23(17)36)6-30-20(39)16-19(29-3)32-11-5-14(38)13(37)4-10(11)31-16/h4-5,8,17,23,37-38H,6-7H2,1-3H3,(H2,28,33)(H,29,32)(H,30,39)(H,34,40)(H,42,43)(H,44,45)/b35-15-/t17?,23-/m1/s1. The van der Waals surface area contributed by atoms with Crippen molar-refractivity contribution in [2.45, 2.75) is 30.9 Å². The molecule has 4 heterocycles. The Balaban J connectivity index is 1.33. The molecule has 2 aliphatic rings. The zero-order valence-corrected chi connectivity index (χ0v) is 26.8. The Labute approximate surface area is 277 Å². The second kappa shape index (κ2) is 12.8. The lowest BCUT2D eigenvalue weighted by atomic mass is 10.0. The number of aromatic hydroxyl groups is 2. The maximum Gasteiger partial charge on any atom is 0.352 e. The van der Waals surface area contributed by atoms with Crippen LogP contribution in [-0.2, 0) is 24.0 Å². The van der Waals surface area contributed by atoms with E-state index in [1.165, 1.54) is 32.3 Å². The first-order chi connectivity index (χ1) is 22.6. The highest BCUT2D eigenvalue weighted by Crippen LogP contribution is 2.40. The Kier molecular flexibility index (Phi) is 9.00. The molecule has 3 amide bonds. The largest absolute Gasteiger partial charge is 0.504 e. The molecule has 0 aliphatic carbocycles. The first-order valence-corrected chi connectivity index (χ1v) is 15.7. The van der Waals surface area contributed by atoms with Crippen molar-refractivity contribution in [2.75, 3.05) is 30.4 Å². The van der Waals surface area contributed by atoms with E-state index in [-0.39, 0.29) is 56.9 Å². The summed E-state index contributed by atoms with van der Waals surface area (Å²) < 4.78 is 0. The average molecular weight is 702 g/mol. The second-order valence-electron chi connectivity index (χ2n) is 10.7. The molecule has 0 spiro atoms. The SMILES string of the molecule is CNc1nc2cc(O)c(O)cc2nc1C(=O)NCC1=C(C(=O)O)N2C(=O)C(NC(=O)/C(=N\OC(C)(C)C(=O)O)c3csc(N)n3)[C@H]2SC1. The molecule has 1 fully saturated rings. The number of carboxylic acid groups (broad SMARTS) is 2. The number of nitrogens with zero attached hydrogens (tertiary/aromatic N) is 5. The summed E-state index contributed by atoms with van der Waals surface area (Å²) in [6.07, 6.45) is 0. The van der Waals surface area contributed by atoms with Crippen LogP contribution in [0.1, 0.15) is 30.0 Å². The number of carboxylic acids is 2. The van der Waals surface area contributed by atoms with Crippen LogP contribution in [0, 0.1) is 0 Å². The summed E-state index contributed by atoms with van der Waals surface area (Å²) in [5.41, 5.74) is 3.33. The molecule has 1 unspecified atom stereocenters. The van der Waals surface area contributed by atoms with E-state index in [0.29, 0.717) is 0 Å². The molecule has 252 valence electrons. The Bertz CT molecular complexity index is 1940. The van der Waals surface area contributed by atoms with E-state index in [4.69, 9.17) is 10.6 Å². The van der Waals surface area contributed by atoms with Crippen LogP contribution in [0.25, 0.3) is 11.0 Å². The zero-order valence-electron chi connectivity index (χ0n) is 25.2. The summed E-state index contributed by atoms with van der Waals surface area (Å²) in [6.45, 7) is 2.13. The Hall–Kier alpha value is -5.70. The van der Waals surface area contributed by atoms with E-state index in [1.807, 2.05) is 0 Å². The zero-order chi connectivity index (χ0) is 35.1. The number of hydrogen-bond acceptors (Lipinski definition) is 16. The van der Waals surface area contributed by atoms with Gasteiger partial charge in [-0.3, -0.25) is 19.3 Å². The number of thiazole rings is 1. The lowest BCUT2D eigenvalue weighted by Gasteiger charge is -2.49. The van der Waals surface area contributed by atoms with Crippen molar-refractivity contribution < 1.29 is 49.2 Å². The Morgan fingerprint density at radius 2 is 1.79 bits per heavy atom. The van der Waals surface area contributed by atoms with Crippen LogP contribution in [-0.4, -0.2) is 112 Å². The highest BCUT2D eigenvalue weighted by Gasteiger charge is 2.54. The maximum atomic E-state index is 13.3. The van der Waals surface area contributed by atoms with Crippen LogP contribution < -0.4 is 21.7 Å². The van der Waals surface area contributed by atoms with Crippen LogP contribution in [0.15, 0.2) is 33.9 Å². The van der Waals surface area contributed by atoms with Gasteiger partial charge >= 0.3 is 11.9 Å². The predicted molar refractivity (Wildman–Crippen MR) is 170 cm³/mol. The number of hydrogen-bond donors (Lipinski definition) is 8. The number of aromatic nitrogens is 3. The topological polar surface area (TPSA) is 292 Å². The average Bonchev–Trinajstić information content (AvgIpc) is 3.47. The first kappa shape index (κ1) is 33.7. The number of thioether (sulfide) groups is 1. The first-order valence-electron chi connectivity index (χ1n) is 13.7. The number of carbonyl (C=O) groups excluding carboxylic acids is 3. The smallest absolute Gasteiger partial charge is 0.352 e. The van der Waals surface area contributed by atoms with Gasteiger partial charge in [-0.15, -0.1) is 23.1 Å². The minimum atomic E-state index is -1.81. The third kappa shape index (κ3) is 6.31. The van der Waals surface area contributed by atoms with Gasteiger partial charge in [0.1, 0.15) is 22.8 Å². The summed E-state index contributed by atoms with van der Waals surface area (Å²) in [5, 5.41) is 51.1. The number of carbonyl (C=O) groups is 5. The molecule has 1 saturated heterocycles. The molecular formula is C27H27N9O10S2. The number of nitrogens with one attached hydrogen (secondary N) is 3. The van der Waals surface area contributed by atoms with Crippen LogP contribution in [0.4, 0.5) is 10.9 Å². The number of oxime groups is 1. The summed E-state index contributed by atoms with van der Waals surface area (Å²) >= 11 is 2.12. The van der Waals surface area contributed by atoms with Gasteiger partial charge in [-0.25, -0.2) is 24.5 Å². The number of amides is 3. The van der Waals surface area contributed by atoms with E-state index in [9.17, 15) is 44.4 Å². The number of anilines is 2. The molecule has 3 aromatic rings. The summed E-state index contributed by atoms with van der Waals surface area (Å²) in [7, 11) is 1.49. The van der Waals surface area contributed by atoms with Crippen molar-refractivity contribution in [3.63, 3.8) is 0 Å². The lowest BCUT2D eigenvalue weighted by Crippen LogP contribution is -2.71. The molecule has 2 aromatic heterocycles. The lowest BCUT2D eigenvalue weighted by molar-refractivity contribution is -0.161. The van der Waals surface area contributed by atoms with Crippen LogP contribution >= 0.6 is 23.1 Å². The number of β-lactam (4-membered cyclic amide) rings is 1. The van der Waals surface area contributed by atoms with Gasteiger partial charge in [0.2, 0.25) is 5.60 Å². The molecule has 9 N–H and O–H groups in total. The van der Waals surface area contributed by atoms with E-state index in [2.05, 4.69) is 36.1 Å². The highest BCUT2D eigenvalue weighted by molar-refractivity contribution is 8.00. The van der Waals surface area contributed by atoms with E-state index >= 15 is 0 Å². The molecule has 1 aromatic carbocycles. The van der Waals surface area contributed by atoms with Crippen LogP contribution in [0.2, 0.25) is 0 Å². The van der Waals surface area contributed by atoms with E-state index < -0.39 is 63.9 Å². The Morgan fingerprint density at radius 3 is 2.38 bits per heavy atom. The summed E-state index contributed by atoms with van der Waals surface area (Å²) in [4.78, 5) is 82.0. The minimum Gasteiger partial charge on any atom is -0.504 e. The molecule has 0 radical (unpaired) electrons. The number of aliphatic carboxylic acids is 2. The van der Waals surface area contributed by atoms with Crippen molar-refractivity contribution in [3.8, 4) is 11.5 Å². The number of nitrogen functional groups attached to an aromatic ring is 1. The van der Waals surface area contributed by atoms with Crippen molar-refractivity contribution in [2.24, 2.45) is 5.16 Å². The normalized spacial score (nSPS) is 17.8. The minimum absolute atomic E-state index is 0.0345. The molecule has 21 heteroatoms. The van der Waals surface area contributed by atoms with Crippen LogP contribution in [0.3, 0.4) is 0 Å². The summed E-state index contributed by atoms with van der Waals surface area (Å²) in [6, 6.07) is 1.12. The monoisotopic (exact) mass is 701 g/mol. The highest BCUT2D eigenvalue weighted by atomic mass is 32.2. The van der Waals surface area contributed by atoms with Crippen LogP contribution in [0.5, 0.6) is 11.5 Å². The molecule has 2 aliphatic heterocycles. The van der Waals surface area contributed by atoms with Gasteiger partial charge in [0.15, 0.2) is 33.9 Å². The number of phenolic OH excluding ortho intramolecular Hbond substituents is 2. The van der Waals surface area contributed by atoms with Crippen molar-refractivity contribution in [1.82, 2.24) is 30.5 Å². The number of nitrogens with two attached hydrogens (primary N) is 1. The van der Waals surface area contributed by atoms with E-state index in [0.717, 1.165) is 34.1 Å². The summed E-state index contributed by atoms with van der Waals surface area (Å²) in [5.74, 6) is -6.04. The molecule has 19 nitrogen and oxygen atoms in total. The fourth-order valence-corrected chi connectivity index (χ4v) is 6.41. The Morgan fingerprint density at radius 1 is 1.12 bits per heavy atom. The third-order valence-corrected chi connectivity index (χ3v) is 9.08. The third-order valence-electron chi connectivity index (χ3n) is 7.07. The number of rotatable bonds is 11. The van der Waals surface area contributed by atoms with Crippen molar-refractivity contribution in [1.29, 1.82) is 0 Å². The quantitative estimate of drug-likeness (QED) is 0.0559. The van der Waals surface area contributed by atoms with Gasteiger partial charge in [-0.05, 0) is 19.4 Å². The van der Waals surface area contributed by atoms with Gasteiger partial charge in [-0.2, -0.15) is 0 Å². The molecular weight excluding hydrogens is 674 g/mol. The van der Waals surface area contributed by atoms with Gasteiger partial charge in [0.05, 0.1) is 11.0 Å². The van der Waals surface area contributed by atoms with Gasteiger partial charge in [0, 0.05) is 36.9 Å². The predicted octanol–water partition coefficient (Wildman–Crippen LogP) is -0.126. The van der Waals surface area contributed by atoms with Crippen molar-refractivity contribution >= 4 is 80.5 Å². The molecule has 5 rings (SSSR count). The van der Waals surface area contributed by atoms with Gasteiger partial charge < -0.3 is 46.9 Å². The number of benzene rings is 1. The second-order valence-corrected chi connectivity index (χ2v) is 12.7. The maximum absolute atomic E-state index is 13.3.